The highest BCUT2D eigenvalue weighted by Gasteiger charge is 2.22. The van der Waals surface area contributed by atoms with Crippen molar-refractivity contribution in [2.45, 2.75) is 12.7 Å². The Hall–Kier alpha value is -1.76. The number of methoxy groups -OCH3 is 1. The van der Waals surface area contributed by atoms with Gasteiger partial charge in [-0.15, -0.1) is 11.3 Å². The molecule has 0 aliphatic heterocycles. The number of benzene rings is 2. The van der Waals surface area contributed by atoms with Gasteiger partial charge in [0.1, 0.15) is 6.61 Å². The minimum atomic E-state index is -1.19. The predicted octanol–water partition coefficient (Wildman–Crippen LogP) is 5.27. The lowest BCUT2D eigenvalue weighted by Crippen LogP contribution is -2.01. The Morgan fingerprint density at radius 2 is 1.82 bits per heavy atom. The summed E-state index contributed by atoms with van der Waals surface area (Å²) in [6, 6.07) is 12.9. The molecule has 0 amide bonds. The molecule has 1 N–H and O–H groups in total. The predicted molar refractivity (Wildman–Crippen MR) is 110 cm³/mol. The Bertz CT molecular complexity index is 914. The molecule has 0 saturated carbocycles. The summed E-state index contributed by atoms with van der Waals surface area (Å²) in [6.45, 7) is 0.227. The van der Waals surface area contributed by atoms with Crippen LogP contribution in [-0.4, -0.2) is 32.6 Å². The SMILES string of the molecule is COc1cc2sc(C(O)CP(OC)OC)cc2c(F)c1OCc1ccccc1. The van der Waals surface area contributed by atoms with E-state index < -0.39 is 20.3 Å². The Morgan fingerprint density at radius 3 is 2.46 bits per heavy atom. The van der Waals surface area contributed by atoms with Crippen molar-refractivity contribution >= 4 is 29.8 Å². The molecule has 1 heterocycles. The highest BCUT2D eigenvalue weighted by Crippen LogP contribution is 2.45. The van der Waals surface area contributed by atoms with Gasteiger partial charge in [0.15, 0.2) is 25.7 Å². The molecule has 5 nitrogen and oxygen atoms in total. The van der Waals surface area contributed by atoms with Crippen LogP contribution in [-0.2, 0) is 15.7 Å². The van der Waals surface area contributed by atoms with E-state index in [4.69, 9.17) is 18.5 Å². The Balaban J connectivity index is 1.89. The van der Waals surface area contributed by atoms with E-state index in [1.54, 1.807) is 12.1 Å². The molecule has 150 valence electrons. The Kier molecular flexibility index (Phi) is 7.21. The summed E-state index contributed by atoms with van der Waals surface area (Å²) in [5.74, 6) is -0.116. The topological polar surface area (TPSA) is 57.2 Å². The molecule has 1 atom stereocenters. The molecule has 0 radical (unpaired) electrons. The van der Waals surface area contributed by atoms with Crippen LogP contribution in [0.1, 0.15) is 16.5 Å². The molecule has 3 aromatic rings. The summed E-state index contributed by atoms with van der Waals surface area (Å²) >= 11 is 1.31. The number of aliphatic hydroxyl groups is 1. The van der Waals surface area contributed by atoms with Crippen molar-refractivity contribution < 1.29 is 28.0 Å². The van der Waals surface area contributed by atoms with Crippen LogP contribution in [0.15, 0.2) is 42.5 Å². The zero-order chi connectivity index (χ0) is 20.1. The molecule has 0 aliphatic carbocycles. The third-order valence-corrected chi connectivity index (χ3v) is 6.85. The summed E-state index contributed by atoms with van der Waals surface area (Å²) in [6.07, 6.45) is -0.492. The second kappa shape index (κ2) is 9.63. The van der Waals surface area contributed by atoms with E-state index in [1.807, 2.05) is 30.3 Å². The lowest BCUT2D eigenvalue weighted by atomic mass is 10.2. The van der Waals surface area contributed by atoms with Crippen molar-refractivity contribution in [2.75, 3.05) is 27.5 Å². The van der Waals surface area contributed by atoms with Crippen molar-refractivity contribution in [3.05, 3.63) is 58.7 Å². The molecule has 8 heteroatoms. The summed E-state index contributed by atoms with van der Waals surface area (Å²) in [5, 5.41) is 10.9. The number of hydrogen-bond acceptors (Lipinski definition) is 6. The number of fused-ring (bicyclic) bond motifs is 1. The largest absolute Gasteiger partial charge is 0.493 e. The standard InChI is InChI=1S/C20H22FO5PS/c1-23-16-10-17-14(9-18(28-17)15(22)12-27(24-2)25-3)19(21)20(16)26-11-13-7-5-4-6-8-13/h4-10,15,22H,11-12H2,1-3H3. The number of aliphatic hydroxyl groups excluding tert-OH is 1. The third kappa shape index (κ3) is 4.62. The minimum Gasteiger partial charge on any atom is -0.493 e. The van der Waals surface area contributed by atoms with Crippen LogP contribution < -0.4 is 9.47 Å². The van der Waals surface area contributed by atoms with Crippen molar-refractivity contribution in [3.8, 4) is 11.5 Å². The first-order valence-corrected chi connectivity index (χ1v) is 10.8. The highest BCUT2D eigenvalue weighted by atomic mass is 32.1. The van der Waals surface area contributed by atoms with Gasteiger partial charge in [0, 0.05) is 41.4 Å². The average Bonchev–Trinajstić information content (AvgIpc) is 3.16. The molecule has 3 rings (SSSR count). The molecule has 0 aliphatic rings. The molecule has 28 heavy (non-hydrogen) atoms. The minimum absolute atomic E-state index is 0.0636. The summed E-state index contributed by atoms with van der Waals surface area (Å²) in [4.78, 5) is 0.637. The van der Waals surface area contributed by atoms with E-state index in [-0.39, 0.29) is 12.4 Å². The van der Waals surface area contributed by atoms with Crippen LogP contribution in [0.3, 0.4) is 0 Å². The second-order valence-corrected chi connectivity index (χ2v) is 8.83. The first-order valence-electron chi connectivity index (χ1n) is 8.57. The van der Waals surface area contributed by atoms with Gasteiger partial charge < -0.3 is 23.6 Å². The quantitative estimate of drug-likeness (QED) is 0.475. The monoisotopic (exact) mass is 424 g/mol. The molecule has 1 unspecified atom stereocenters. The van der Waals surface area contributed by atoms with Gasteiger partial charge in [0.2, 0.25) is 0 Å². The molecule has 0 fully saturated rings. The van der Waals surface area contributed by atoms with Crippen LogP contribution in [0.4, 0.5) is 4.39 Å². The highest BCUT2D eigenvalue weighted by molar-refractivity contribution is 7.47. The second-order valence-electron chi connectivity index (χ2n) is 5.95. The van der Waals surface area contributed by atoms with Gasteiger partial charge in [-0.3, -0.25) is 0 Å². The van der Waals surface area contributed by atoms with Crippen LogP contribution >= 0.6 is 19.7 Å². The molecule has 1 aromatic heterocycles. The number of halogens is 1. The van der Waals surface area contributed by atoms with Gasteiger partial charge in [-0.2, -0.15) is 0 Å². The first kappa shape index (κ1) is 21.0. The van der Waals surface area contributed by atoms with E-state index in [0.29, 0.717) is 26.9 Å². The van der Waals surface area contributed by atoms with E-state index >= 15 is 4.39 Å². The normalized spacial score (nSPS) is 12.5. The van der Waals surface area contributed by atoms with Crippen molar-refractivity contribution in [2.24, 2.45) is 0 Å². The maximum absolute atomic E-state index is 15.2. The van der Waals surface area contributed by atoms with Gasteiger partial charge in [0.25, 0.3) is 0 Å². The van der Waals surface area contributed by atoms with Gasteiger partial charge in [0.05, 0.1) is 13.2 Å². The van der Waals surface area contributed by atoms with Crippen LogP contribution in [0.2, 0.25) is 0 Å². The van der Waals surface area contributed by atoms with E-state index in [1.165, 1.54) is 32.7 Å². The van der Waals surface area contributed by atoms with Gasteiger partial charge in [-0.25, -0.2) is 4.39 Å². The Labute approximate surface area is 168 Å². The van der Waals surface area contributed by atoms with Gasteiger partial charge in [-0.1, -0.05) is 30.3 Å². The summed E-state index contributed by atoms with van der Waals surface area (Å²) in [5.41, 5.74) is 0.929. The van der Waals surface area contributed by atoms with Gasteiger partial charge >= 0.3 is 0 Å². The fourth-order valence-electron chi connectivity index (χ4n) is 2.75. The lowest BCUT2D eigenvalue weighted by Gasteiger charge is -2.15. The fraction of sp³-hybridized carbons (Fsp3) is 0.300. The average molecular weight is 424 g/mol. The first-order chi connectivity index (χ1) is 13.6. The maximum atomic E-state index is 15.2. The lowest BCUT2D eigenvalue weighted by molar-refractivity contribution is 0.197. The molecular weight excluding hydrogens is 402 g/mol. The number of rotatable bonds is 9. The van der Waals surface area contributed by atoms with Crippen molar-refractivity contribution in [1.82, 2.24) is 0 Å². The van der Waals surface area contributed by atoms with E-state index in [9.17, 15) is 5.11 Å². The zero-order valence-electron chi connectivity index (χ0n) is 15.8. The van der Waals surface area contributed by atoms with Crippen LogP contribution in [0.5, 0.6) is 11.5 Å². The number of thiophene rings is 1. The van der Waals surface area contributed by atoms with Crippen LogP contribution in [0.25, 0.3) is 10.1 Å². The van der Waals surface area contributed by atoms with Crippen molar-refractivity contribution in [1.29, 1.82) is 0 Å². The van der Waals surface area contributed by atoms with Gasteiger partial charge in [-0.05, 0) is 11.6 Å². The smallest absolute Gasteiger partial charge is 0.198 e. The fourth-order valence-corrected chi connectivity index (χ4v) is 4.88. The molecule has 0 spiro atoms. The summed E-state index contributed by atoms with van der Waals surface area (Å²) < 4.78 is 37.3. The van der Waals surface area contributed by atoms with Crippen molar-refractivity contribution in [3.63, 3.8) is 0 Å². The molecule has 0 bridgehead atoms. The van der Waals surface area contributed by atoms with E-state index in [2.05, 4.69) is 0 Å². The van der Waals surface area contributed by atoms with Crippen LogP contribution in [0, 0.1) is 5.82 Å². The summed E-state index contributed by atoms with van der Waals surface area (Å²) in [7, 11) is 3.36. The number of hydrogen-bond donors (Lipinski definition) is 1. The van der Waals surface area contributed by atoms with E-state index in [0.717, 1.165) is 5.56 Å². The molecule has 0 saturated heterocycles. The zero-order valence-corrected chi connectivity index (χ0v) is 17.6. The third-order valence-electron chi connectivity index (χ3n) is 4.21. The molecule has 2 aromatic carbocycles. The Morgan fingerprint density at radius 1 is 1.11 bits per heavy atom. The number of ether oxygens (including phenoxy) is 2. The molecular formula is C20H22FO5PS. The maximum Gasteiger partial charge on any atom is 0.198 e.